The Hall–Kier alpha value is -4.86. The van der Waals surface area contributed by atoms with Crippen LogP contribution in [0.5, 0.6) is 5.75 Å². The number of phenolic OH excluding ortho intramolecular Hbond substituents is 1. The van der Waals surface area contributed by atoms with E-state index in [0.717, 1.165) is 69.6 Å². The first-order valence-electron chi connectivity index (χ1n) is 21.6. The number of phenols is 1. The number of carbonyl (C=O) groups excluding carboxylic acids is 2. The van der Waals surface area contributed by atoms with Crippen molar-refractivity contribution in [3.8, 4) is 5.75 Å². The van der Waals surface area contributed by atoms with E-state index in [1.165, 1.54) is 85.5 Å². The van der Waals surface area contributed by atoms with Gasteiger partial charge in [0.2, 0.25) is 5.91 Å². The van der Waals surface area contributed by atoms with Crippen LogP contribution in [0.1, 0.15) is 72.6 Å². The van der Waals surface area contributed by atoms with Gasteiger partial charge in [0.05, 0.1) is 0 Å². The molecule has 4 aromatic rings. The molecule has 1 aliphatic carbocycles. The Bertz CT molecular complexity index is 1980. The molecular formula is C48H58N6O3. The van der Waals surface area contributed by atoms with E-state index in [4.69, 9.17) is 0 Å². The van der Waals surface area contributed by atoms with Gasteiger partial charge in [-0.3, -0.25) is 19.9 Å². The largest absolute Gasteiger partial charge is 0.508 e. The van der Waals surface area contributed by atoms with Crippen LogP contribution in [-0.2, 0) is 11.2 Å². The highest BCUT2D eigenvalue weighted by molar-refractivity contribution is 6.05. The van der Waals surface area contributed by atoms with Crippen LogP contribution in [0.4, 0.5) is 21.9 Å². The summed E-state index contributed by atoms with van der Waals surface area (Å²) in [5.74, 6) is 2.42. The molecule has 4 aliphatic heterocycles. The van der Waals surface area contributed by atoms with Crippen molar-refractivity contribution in [2.75, 3.05) is 86.7 Å². The Morgan fingerprint density at radius 3 is 1.82 bits per heavy atom. The first-order chi connectivity index (χ1) is 27.9. The molecule has 4 saturated heterocycles. The van der Waals surface area contributed by atoms with Crippen LogP contribution in [0.3, 0.4) is 0 Å². The van der Waals surface area contributed by atoms with E-state index in [9.17, 15) is 14.7 Å². The Labute approximate surface area is 338 Å². The molecule has 0 unspecified atom stereocenters. The number of fused-ring (bicyclic) bond motifs is 1. The molecule has 3 amide bonds. The van der Waals surface area contributed by atoms with Crippen LogP contribution in [0.15, 0.2) is 97.1 Å². The lowest BCUT2D eigenvalue weighted by atomic mass is 9.69. The van der Waals surface area contributed by atoms with Crippen molar-refractivity contribution >= 4 is 29.0 Å². The van der Waals surface area contributed by atoms with Gasteiger partial charge in [0.25, 0.3) is 0 Å². The number of anilines is 3. The lowest BCUT2D eigenvalue weighted by Crippen LogP contribution is -2.49. The normalized spacial score (nSPS) is 23.1. The fraction of sp³-hybridized carbons (Fsp3) is 0.458. The van der Waals surface area contributed by atoms with Gasteiger partial charge in [-0.15, -0.1) is 0 Å². The number of hydrogen-bond donors (Lipinski definition) is 2. The maximum absolute atomic E-state index is 12.2. The van der Waals surface area contributed by atoms with Crippen LogP contribution in [0.2, 0.25) is 0 Å². The molecule has 4 aromatic carbocycles. The number of amides is 3. The molecule has 4 fully saturated rings. The van der Waals surface area contributed by atoms with Crippen molar-refractivity contribution in [3.05, 3.63) is 119 Å². The van der Waals surface area contributed by atoms with Crippen molar-refractivity contribution in [3.63, 3.8) is 0 Å². The molecule has 9 rings (SSSR count). The van der Waals surface area contributed by atoms with Gasteiger partial charge >= 0.3 is 6.03 Å². The molecule has 0 radical (unpaired) electrons. The van der Waals surface area contributed by atoms with Crippen LogP contribution in [-0.4, -0.2) is 98.8 Å². The SMILES string of the molecule is O=C1CCN(c2ccc(N3CCC(CN4CCC(CN5CCN(c6ccc([C@@H]7c8ccc(O)cc8CC[C@@H]7c7ccccc7)cc6)CC5)CC4)CC3)cc2)C(=O)N1. The number of piperazine rings is 1. The van der Waals surface area contributed by atoms with E-state index in [0.29, 0.717) is 24.6 Å². The predicted molar refractivity (Wildman–Crippen MR) is 229 cm³/mol. The topological polar surface area (TPSA) is 82.6 Å². The van der Waals surface area contributed by atoms with Gasteiger partial charge in [-0.25, -0.2) is 4.79 Å². The van der Waals surface area contributed by atoms with Gasteiger partial charge in [0.1, 0.15) is 5.75 Å². The van der Waals surface area contributed by atoms with E-state index in [-0.39, 0.29) is 17.9 Å². The summed E-state index contributed by atoms with van der Waals surface area (Å²) in [6, 6.07) is 34.3. The minimum atomic E-state index is -0.330. The summed E-state index contributed by atoms with van der Waals surface area (Å²) in [4.78, 5) is 35.9. The zero-order valence-corrected chi connectivity index (χ0v) is 33.3. The first kappa shape index (κ1) is 37.7. The quantitative estimate of drug-likeness (QED) is 0.183. The molecule has 5 aliphatic rings. The number of aromatic hydroxyl groups is 1. The second-order valence-corrected chi connectivity index (χ2v) is 17.2. The zero-order chi connectivity index (χ0) is 38.7. The van der Waals surface area contributed by atoms with E-state index in [2.05, 4.69) is 97.7 Å². The van der Waals surface area contributed by atoms with Crippen LogP contribution >= 0.6 is 0 Å². The molecule has 9 heteroatoms. The molecule has 0 aromatic heterocycles. The van der Waals surface area contributed by atoms with E-state index in [1.807, 2.05) is 24.3 Å². The van der Waals surface area contributed by atoms with Gasteiger partial charge in [-0.1, -0.05) is 48.5 Å². The summed E-state index contributed by atoms with van der Waals surface area (Å²) in [7, 11) is 0. The molecule has 0 saturated carbocycles. The number of aryl methyl sites for hydroxylation is 1. The monoisotopic (exact) mass is 766 g/mol. The summed E-state index contributed by atoms with van der Waals surface area (Å²) < 4.78 is 0. The van der Waals surface area contributed by atoms with Crippen molar-refractivity contribution in [2.24, 2.45) is 11.8 Å². The standard InChI is InChI=1S/C48H58N6O3/c55-43-15-17-45-39(32-43)8-16-44(37-4-2-1-3-5-37)47(45)38-6-9-40(10-7-38)53-30-28-51(29-31-53)34-35-18-23-50(24-19-35)33-36-20-25-52(26-21-36)41-11-13-42(14-12-41)54-27-22-46(56)49-48(54)57/h1-7,9-15,17,32,35-36,44,47,55H,8,16,18-31,33-34H2,(H,49,56,57)/t44-,47+/m1/s1. The average molecular weight is 767 g/mol. The number of nitrogens with zero attached hydrogens (tertiary/aromatic N) is 5. The van der Waals surface area contributed by atoms with Gasteiger partial charge in [0, 0.05) is 88.3 Å². The highest BCUT2D eigenvalue weighted by Gasteiger charge is 2.33. The molecule has 9 nitrogen and oxygen atoms in total. The zero-order valence-electron chi connectivity index (χ0n) is 33.3. The van der Waals surface area contributed by atoms with Crippen LogP contribution in [0.25, 0.3) is 0 Å². The fourth-order valence-corrected chi connectivity index (χ4v) is 10.5. The first-order valence-corrected chi connectivity index (χ1v) is 21.6. The van der Waals surface area contributed by atoms with E-state index < -0.39 is 0 Å². The van der Waals surface area contributed by atoms with Crippen molar-refractivity contribution in [1.82, 2.24) is 15.1 Å². The molecule has 4 heterocycles. The fourth-order valence-electron chi connectivity index (χ4n) is 10.5. The second-order valence-electron chi connectivity index (χ2n) is 17.2. The number of likely N-dealkylation sites (tertiary alicyclic amines) is 1. The third-order valence-corrected chi connectivity index (χ3v) is 13.7. The smallest absolute Gasteiger partial charge is 0.328 e. The summed E-state index contributed by atoms with van der Waals surface area (Å²) in [5.41, 5.74) is 8.79. The molecule has 2 atom stereocenters. The minimum Gasteiger partial charge on any atom is -0.508 e. The molecule has 0 bridgehead atoms. The molecular weight excluding hydrogens is 709 g/mol. The summed E-state index contributed by atoms with van der Waals surface area (Å²) in [6.07, 6.45) is 7.49. The summed E-state index contributed by atoms with van der Waals surface area (Å²) in [6.45, 7) is 11.9. The number of carbonyl (C=O) groups is 2. The minimum absolute atomic E-state index is 0.201. The van der Waals surface area contributed by atoms with Crippen LogP contribution < -0.4 is 20.0 Å². The Morgan fingerprint density at radius 1 is 0.561 bits per heavy atom. The van der Waals surface area contributed by atoms with E-state index in [1.54, 1.807) is 4.90 Å². The maximum Gasteiger partial charge on any atom is 0.328 e. The van der Waals surface area contributed by atoms with Gasteiger partial charge in [-0.05, 0) is 140 Å². The predicted octanol–water partition coefficient (Wildman–Crippen LogP) is 7.45. The Balaban J connectivity index is 0.711. The number of nitrogens with one attached hydrogen (secondary N) is 1. The highest BCUT2D eigenvalue weighted by Crippen LogP contribution is 2.47. The molecule has 2 N–H and O–H groups in total. The Morgan fingerprint density at radius 2 is 1.16 bits per heavy atom. The van der Waals surface area contributed by atoms with E-state index >= 15 is 0 Å². The molecule has 0 spiro atoms. The lowest BCUT2D eigenvalue weighted by Gasteiger charge is -2.41. The van der Waals surface area contributed by atoms with Crippen LogP contribution in [0, 0.1) is 11.8 Å². The average Bonchev–Trinajstić information content (AvgIpc) is 3.25. The van der Waals surface area contributed by atoms with Crippen molar-refractivity contribution in [2.45, 2.75) is 56.8 Å². The third-order valence-electron chi connectivity index (χ3n) is 13.7. The summed E-state index contributed by atoms with van der Waals surface area (Å²) >= 11 is 0. The summed E-state index contributed by atoms with van der Waals surface area (Å²) in [5, 5.41) is 12.6. The second kappa shape index (κ2) is 16.9. The van der Waals surface area contributed by atoms with Gasteiger partial charge in [-0.2, -0.15) is 0 Å². The van der Waals surface area contributed by atoms with Crippen molar-refractivity contribution < 1.29 is 14.7 Å². The number of benzene rings is 4. The van der Waals surface area contributed by atoms with Crippen molar-refractivity contribution in [1.29, 1.82) is 0 Å². The van der Waals surface area contributed by atoms with Gasteiger partial charge < -0.3 is 19.8 Å². The third kappa shape index (κ3) is 8.56. The molecule has 298 valence electrons. The molecule has 57 heavy (non-hydrogen) atoms. The maximum atomic E-state index is 12.2. The van der Waals surface area contributed by atoms with Gasteiger partial charge in [0.15, 0.2) is 0 Å². The highest BCUT2D eigenvalue weighted by atomic mass is 16.3. The number of imide groups is 1. The number of hydrogen-bond acceptors (Lipinski definition) is 7. The number of piperidine rings is 2. The lowest BCUT2D eigenvalue weighted by molar-refractivity contribution is -0.120. The number of urea groups is 1. The number of rotatable bonds is 9. The Kier molecular flexibility index (Phi) is 11.2.